The van der Waals surface area contributed by atoms with Gasteiger partial charge in [-0.15, -0.1) is 0 Å². The second-order valence-electron chi connectivity index (χ2n) is 5.48. The molecule has 1 aromatic rings. The van der Waals surface area contributed by atoms with Crippen molar-refractivity contribution in [3.05, 3.63) is 47.1 Å². The Morgan fingerprint density at radius 3 is 2.73 bits per heavy atom. The second kappa shape index (κ2) is 4.71. The van der Waals surface area contributed by atoms with Crippen molar-refractivity contribution in [3.63, 3.8) is 0 Å². The number of carbonyl (C=O) groups is 1. The van der Waals surface area contributed by atoms with Gasteiger partial charge in [0, 0.05) is 18.2 Å². The lowest BCUT2D eigenvalue weighted by Crippen LogP contribution is -2.42. The molecule has 1 unspecified atom stereocenters. The van der Waals surface area contributed by atoms with E-state index in [1.165, 1.54) is 25.1 Å². The number of hydrogen-bond acceptors (Lipinski definition) is 2. The fourth-order valence-electron chi connectivity index (χ4n) is 3.14. The van der Waals surface area contributed by atoms with E-state index in [9.17, 15) is 23.1 Å². The molecule has 116 valence electrons. The summed E-state index contributed by atoms with van der Waals surface area (Å²) in [6, 6.07) is 4.25. The van der Waals surface area contributed by atoms with E-state index in [2.05, 4.69) is 5.32 Å². The molecule has 22 heavy (non-hydrogen) atoms. The molecule has 6 heteroatoms. The van der Waals surface area contributed by atoms with Crippen molar-refractivity contribution in [2.45, 2.75) is 31.5 Å². The van der Waals surface area contributed by atoms with Crippen LogP contribution < -0.4 is 5.32 Å². The lowest BCUT2D eigenvalue weighted by molar-refractivity contribution is -0.249. The third kappa shape index (κ3) is 1.98. The predicted molar refractivity (Wildman–Crippen MR) is 76.0 cm³/mol. The Bertz CT molecular complexity index is 719. The van der Waals surface area contributed by atoms with E-state index >= 15 is 0 Å². The summed E-state index contributed by atoms with van der Waals surface area (Å²) in [5, 5.41) is 13.0. The second-order valence-corrected chi connectivity index (χ2v) is 5.48. The summed E-state index contributed by atoms with van der Waals surface area (Å²) in [4.78, 5) is 11.1. The Balaban J connectivity index is 2.22. The summed E-state index contributed by atoms with van der Waals surface area (Å²) in [6.07, 6.45) is -0.777. The number of alkyl halides is 3. The van der Waals surface area contributed by atoms with E-state index in [0.29, 0.717) is 17.6 Å². The summed E-state index contributed by atoms with van der Waals surface area (Å²) in [5.41, 5.74) is -2.20. The highest BCUT2D eigenvalue weighted by atomic mass is 19.4. The van der Waals surface area contributed by atoms with Crippen LogP contribution in [0.1, 0.15) is 30.9 Å². The molecular weight excluding hydrogens is 295 g/mol. The first kappa shape index (κ1) is 14.8. The first-order valence-electron chi connectivity index (χ1n) is 6.87. The topological polar surface area (TPSA) is 49.3 Å². The summed E-state index contributed by atoms with van der Waals surface area (Å²) >= 11 is 0. The molecule has 0 saturated carbocycles. The Kier molecular flexibility index (Phi) is 3.18. The Morgan fingerprint density at radius 2 is 2.09 bits per heavy atom. The van der Waals surface area contributed by atoms with Crippen molar-refractivity contribution >= 4 is 17.2 Å². The minimum absolute atomic E-state index is 0.0162. The Labute approximate surface area is 125 Å². The van der Waals surface area contributed by atoms with Gasteiger partial charge in [0.15, 0.2) is 0 Å². The van der Waals surface area contributed by atoms with Gasteiger partial charge in [-0.2, -0.15) is 13.2 Å². The first-order valence-corrected chi connectivity index (χ1v) is 6.87. The van der Waals surface area contributed by atoms with Crippen LogP contribution in [0.2, 0.25) is 0 Å². The number of hydrogen-bond donors (Lipinski definition) is 2. The molecular formula is C16H14F3NO2. The highest BCUT2D eigenvalue weighted by molar-refractivity contribution is 5.91. The third-order valence-electron chi connectivity index (χ3n) is 4.04. The van der Waals surface area contributed by atoms with Crippen LogP contribution in [0.4, 0.5) is 18.9 Å². The largest absolute Gasteiger partial charge is 0.425 e. The van der Waals surface area contributed by atoms with Crippen LogP contribution >= 0.6 is 0 Å². The summed E-state index contributed by atoms with van der Waals surface area (Å²) < 4.78 is 40.8. The molecule has 3 rings (SSSR count). The number of benzene rings is 1. The van der Waals surface area contributed by atoms with Crippen LogP contribution in [-0.4, -0.2) is 17.2 Å². The van der Waals surface area contributed by atoms with E-state index < -0.39 is 11.8 Å². The van der Waals surface area contributed by atoms with Gasteiger partial charge in [0.2, 0.25) is 11.5 Å². The Hall–Kier alpha value is -2.08. The molecule has 0 radical (unpaired) electrons. The van der Waals surface area contributed by atoms with Gasteiger partial charge in [0.05, 0.1) is 0 Å². The maximum Gasteiger partial charge on any atom is 0.425 e. The monoisotopic (exact) mass is 309 g/mol. The molecule has 2 aliphatic carbocycles. The standard InChI is InChI=1S/C16H14F3NO2/c1-9(21)20-10-6-7-12-11-4-2-3-5-13(11)15(22,14(12)8-10)16(17,18)19/h2,4,6-8,22H,3,5H2,1H3,(H,20,21). The number of rotatable bonds is 1. The number of amides is 1. The summed E-state index contributed by atoms with van der Waals surface area (Å²) in [6.45, 7) is 1.27. The molecule has 2 N–H and O–H groups in total. The van der Waals surface area contributed by atoms with Gasteiger partial charge < -0.3 is 10.4 Å². The van der Waals surface area contributed by atoms with Gasteiger partial charge in [-0.25, -0.2) is 0 Å². The molecule has 0 aliphatic heterocycles. The lowest BCUT2D eigenvalue weighted by Gasteiger charge is -2.31. The highest BCUT2D eigenvalue weighted by Gasteiger charge is 2.61. The lowest BCUT2D eigenvalue weighted by atomic mass is 9.85. The van der Waals surface area contributed by atoms with Crippen molar-refractivity contribution in [3.8, 4) is 0 Å². The summed E-state index contributed by atoms with van der Waals surface area (Å²) in [7, 11) is 0. The van der Waals surface area contributed by atoms with Crippen LogP contribution in [0, 0.1) is 0 Å². The number of fused-ring (bicyclic) bond motifs is 2. The van der Waals surface area contributed by atoms with Crippen LogP contribution in [0.3, 0.4) is 0 Å². The Morgan fingerprint density at radius 1 is 1.36 bits per heavy atom. The van der Waals surface area contributed by atoms with E-state index in [-0.39, 0.29) is 29.2 Å². The van der Waals surface area contributed by atoms with Crippen molar-refractivity contribution in [1.82, 2.24) is 0 Å². The predicted octanol–water partition coefficient (Wildman–Crippen LogP) is 3.51. The molecule has 0 heterocycles. The zero-order chi connectivity index (χ0) is 16.1. The van der Waals surface area contributed by atoms with Crippen molar-refractivity contribution < 1.29 is 23.1 Å². The molecule has 0 saturated heterocycles. The zero-order valence-electron chi connectivity index (χ0n) is 11.8. The molecule has 3 nitrogen and oxygen atoms in total. The van der Waals surface area contributed by atoms with Gasteiger partial charge in [0.1, 0.15) is 0 Å². The molecule has 1 atom stereocenters. The number of nitrogens with one attached hydrogen (secondary N) is 1. The van der Waals surface area contributed by atoms with Crippen LogP contribution in [0.25, 0.3) is 5.57 Å². The van der Waals surface area contributed by atoms with Crippen molar-refractivity contribution in [1.29, 1.82) is 0 Å². The fraction of sp³-hybridized carbons (Fsp3) is 0.312. The molecule has 0 bridgehead atoms. The maximum absolute atomic E-state index is 13.6. The quantitative estimate of drug-likeness (QED) is 0.834. The average molecular weight is 309 g/mol. The molecule has 0 spiro atoms. The minimum atomic E-state index is -4.82. The van der Waals surface area contributed by atoms with Crippen LogP contribution in [-0.2, 0) is 10.4 Å². The smallest absolute Gasteiger partial charge is 0.372 e. The zero-order valence-corrected chi connectivity index (χ0v) is 11.8. The van der Waals surface area contributed by atoms with Gasteiger partial charge in [-0.05, 0) is 41.7 Å². The van der Waals surface area contributed by atoms with Crippen molar-refractivity contribution in [2.75, 3.05) is 5.32 Å². The third-order valence-corrected chi connectivity index (χ3v) is 4.04. The van der Waals surface area contributed by atoms with E-state index in [1.807, 2.05) is 0 Å². The first-order chi connectivity index (χ1) is 10.2. The van der Waals surface area contributed by atoms with E-state index in [1.54, 1.807) is 12.2 Å². The SMILES string of the molecule is CC(=O)Nc1ccc2c(c1)C(O)(C(F)(F)F)C1=C2C=CCC1. The fourth-order valence-corrected chi connectivity index (χ4v) is 3.14. The number of carbonyl (C=O) groups excluding carboxylic acids is 1. The van der Waals surface area contributed by atoms with Gasteiger partial charge in [-0.3, -0.25) is 4.79 Å². The van der Waals surface area contributed by atoms with Crippen LogP contribution in [0.15, 0.2) is 35.9 Å². The van der Waals surface area contributed by atoms with Crippen LogP contribution in [0.5, 0.6) is 0 Å². The van der Waals surface area contributed by atoms with Gasteiger partial charge >= 0.3 is 6.18 Å². The van der Waals surface area contributed by atoms with E-state index in [0.717, 1.165) is 0 Å². The van der Waals surface area contributed by atoms with Gasteiger partial charge in [0.25, 0.3) is 0 Å². The number of halogens is 3. The number of anilines is 1. The molecule has 0 aromatic heterocycles. The molecule has 0 fully saturated rings. The minimum Gasteiger partial charge on any atom is -0.372 e. The highest BCUT2D eigenvalue weighted by Crippen LogP contribution is 2.56. The number of aliphatic hydroxyl groups is 1. The normalized spacial score (nSPS) is 23.3. The number of allylic oxidation sites excluding steroid dienone is 3. The summed E-state index contributed by atoms with van der Waals surface area (Å²) in [5.74, 6) is -0.383. The van der Waals surface area contributed by atoms with E-state index in [4.69, 9.17) is 0 Å². The van der Waals surface area contributed by atoms with Gasteiger partial charge in [-0.1, -0.05) is 18.2 Å². The molecule has 1 aromatic carbocycles. The molecule has 1 amide bonds. The molecule has 2 aliphatic rings. The average Bonchev–Trinajstić information content (AvgIpc) is 2.69. The maximum atomic E-state index is 13.6. The van der Waals surface area contributed by atoms with Crippen molar-refractivity contribution in [2.24, 2.45) is 0 Å².